The van der Waals surface area contributed by atoms with Crippen molar-refractivity contribution in [3.63, 3.8) is 0 Å². The minimum atomic E-state index is -0.567. The second-order valence-corrected chi connectivity index (χ2v) is 7.32. The number of ether oxygens (including phenoxy) is 2. The lowest BCUT2D eigenvalue weighted by Gasteiger charge is -2.32. The number of benzene rings is 1. The number of piperidine rings is 1. The molecule has 0 aliphatic carbocycles. The first-order valence-corrected chi connectivity index (χ1v) is 10.0. The molecule has 0 radical (unpaired) electrons. The van der Waals surface area contributed by atoms with Gasteiger partial charge >= 0.3 is 6.03 Å². The summed E-state index contributed by atoms with van der Waals surface area (Å²) in [7, 11) is 3.02. The Hall–Kier alpha value is -2.42. The summed E-state index contributed by atoms with van der Waals surface area (Å²) >= 11 is 1.45. The minimum absolute atomic E-state index is 0.0490. The van der Waals surface area contributed by atoms with E-state index in [1.165, 1.54) is 30.9 Å². The van der Waals surface area contributed by atoms with Gasteiger partial charge < -0.3 is 19.7 Å². The number of carbonyl (C=O) groups excluding carboxylic acids is 3. The molecule has 2 aliphatic rings. The van der Waals surface area contributed by atoms with Crippen LogP contribution in [0.5, 0.6) is 11.5 Å². The average Bonchev–Trinajstić information content (AvgIpc) is 2.91. The molecular weight excluding hydrogens is 370 g/mol. The van der Waals surface area contributed by atoms with Crippen molar-refractivity contribution in [2.45, 2.75) is 24.9 Å². The van der Waals surface area contributed by atoms with Gasteiger partial charge in [-0.05, 0) is 19.1 Å². The van der Waals surface area contributed by atoms with Crippen LogP contribution in [0.2, 0.25) is 0 Å². The van der Waals surface area contributed by atoms with Gasteiger partial charge in [0.2, 0.25) is 5.91 Å². The van der Waals surface area contributed by atoms with Gasteiger partial charge in [-0.25, -0.2) is 9.69 Å². The zero-order valence-corrected chi connectivity index (χ0v) is 16.4. The number of hydrogen-bond acceptors (Lipinski definition) is 6. The number of thioether (sulfide) groups is 1. The van der Waals surface area contributed by atoms with Gasteiger partial charge in [-0.15, -0.1) is 0 Å². The number of imide groups is 1. The largest absolute Gasteiger partial charge is 0.497 e. The molecule has 2 heterocycles. The first kappa shape index (κ1) is 19.3. The number of hydrogen-bond donors (Lipinski definition) is 1. The van der Waals surface area contributed by atoms with Crippen molar-refractivity contribution in [3.8, 4) is 11.5 Å². The highest BCUT2D eigenvalue weighted by molar-refractivity contribution is 7.99. The van der Waals surface area contributed by atoms with Crippen LogP contribution in [0.1, 0.15) is 12.8 Å². The topological polar surface area (TPSA) is 88.2 Å². The fourth-order valence-corrected chi connectivity index (χ4v) is 3.84. The van der Waals surface area contributed by atoms with E-state index in [-0.39, 0.29) is 23.9 Å². The number of nitrogens with one attached hydrogen (secondary N) is 1. The third kappa shape index (κ3) is 3.83. The Morgan fingerprint density at radius 3 is 2.48 bits per heavy atom. The zero-order valence-electron chi connectivity index (χ0n) is 15.6. The average molecular weight is 393 g/mol. The number of methoxy groups -OCH3 is 2. The molecule has 0 unspecified atom stereocenters. The van der Waals surface area contributed by atoms with E-state index in [9.17, 15) is 14.4 Å². The lowest BCUT2D eigenvalue weighted by atomic mass is 9.98. The second kappa shape index (κ2) is 8.08. The first-order chi connectivity index (χ1) is 13.0. The number of urea groups is 1. The third-order valence-electron chi connectivity index (χ3n) is 4.78. The molecule has 8 nitrogen and oxygen atoms in total. The van der Waals surface area contributed by atoms with Crippen LogP contribution in [0.15, 0.2) is 18.2 Å². The summed E-state index contributed by atoms with van der Waals surface area (Å²) in [6.45, 7) is 0.428. The van der Waals surface area contributed by atoms with Crippen LogP contribution in [0.4, 0.5) is 10.5 Å². The van der Waals surface area contributed by atoms with Crippen molar-refractivity contribution in [3.05, 3.63) is 18.2 Å². The molecule has 1 aromatic rings. The van der Waals surface area contributed by atoms with Crippen molar-refractivity contribution >= 4 is 35.3 Å². The Morgan fingerprint density at radius 2 is 1.89 bits per heavy atom. The fraction of sp³-hybridized carbons (Fsp3) is 0.500. The van der Waals surface area contributed by atoms with E-state index in [0.29, 0.717) is 42.3 Å². The lowest BCUT2D eigenvalue weighted by Crippen LogP contribution is -2.50. The molecule has 2 saturated heterocycles. The molecule has 9 heteroatoms. The summed E-state index contributed by atoms with van der Waals surface area (Å²) in [6.07, 6.45) is 2.91. The standard InChI is InChI=1S/C18H23N3O5S/c1-25-13-7-12(8-14(9-13)26-2)21-17(23)15-6-11(19-16(22)10-27-3)4-5-20(15)18(21)24/h7-9,11,15H,4-6,10H2,1-3H3,(H,19,22)/t11-,15-/m0/s1. The summed E-state index contributed by atoms with van der Waals surface area (Å²) in [6, 6.07) is 3.92. The van der Waals surface area contributed by atoms with Gasteiger partial charge in [-0.1, -0.05) is 0 Å². The van der Waals surface area contributed by atoms with E-state index in [1.54, 1.807) is 23.1 Å². The number of nitrogens with zero attached hydrogens (tertiary/aromatic N) is 2. The number of amides is 4. The molecule has 2 aliphatic heterocycles. The van der Waals surface area contributed by atoms with Crippen molar-refractivity contribution in [1.82, 2.24) is 10.2 Å². The number of anilines is 1. The van der Waals surface area contributed by atoms with Gasteiger partial charge in [0.25, 0.3) is 5.91 Å². The summed E-state index contributed by atoms with van der Waals surface area (Å²) in [5.41, 5.74) is 0.415. The second-order valence-electron chi connectivity index (χ2n) is 6.46. The van der Waals surface area contributed by atoms with E-state index in [1.807, 2.05) is 6.26 Å². The minimum Gasteiger partial charge on any atom is -0.497 e. The van der Waals surface area contributed by atoms with Crippen LogP contribution in [-0.2, 0) is 9.59 Å². The number of carbonyl (C=O) groups is 3. The van der Waals surface area contributed by atoms with Crippen molar-refractivity contribution < 1.29 is 23.9 Å². The smallest absolute Gasteiger partial charge is 0.332 e. The molecule has 146 valence electrons. The van der Waals surface area contributed by atoms with E-state index in [0.717, 1.165) is 0 Å². The highest BCUT2D eigenvalue weighted by atomic mass is 32.2. The lowest BCUT2D eigenvalue weighted by molar-refractivity contribution is -0.123. The molecule has 4 amide bonds. The highest BCUT2D eigenvalue weighted by Crippen LogP contribution is 2.35. The van der Waals surface area contributed by atoms with E-state index in [4.69, 9.17) is 9.47 Å². The normalized spacial score (nSPS) is 21.9. The van der Waals surface area contributed by atoms with E-state index < -0.39 is 6.04 Å². The van der Waals surface area contributed by atoms with E-state index in [2.05, 4.69) is 5.32 Å². The van der Waals surface area contributed by atoms with Crippen molar-refractivity contribution in [2.24, 2.45) is 0 Å². The SMILES string of the molecule is COc1cc(OC)cc(N2C(=O)[C@@H]3C[C@@H](NC(=O)CSC)CCN3C2=O)c1. The molecular formula is C18H23N3O5S. The molecule has 3 rings (SSSR count). The molecule has 2 fully saturated rings. The first-order valence-electron chi connectivity index (χ1n) is 8.64. The Labute approximate surface area is 162 Å². The molecule has 0 aromatic heterocycles. The van der Waals surface area contributed by atoms with Crippen LogP contribution >= 0.6 is 11.8 Å². The zero-order chi connectivity index (χ0) is 19.6. The van der Waals surface area contributed by atoms with Gasteiger partial charge in [0.15, 0.2) is 0 Å². The maximum absolute atomic E-state index is 13.0. The Balaban J connectivity index is 1.80. The van der Waals surface area contributed by atoms with Crippen LogP contribution in [0.3, 0.4) is 0 Å². The van der Waals surface area contributed by atoms with E-state index >= 15 is 0 Å². The van der Waals surface area contributed by atoms with Crippen LogP contribution in [0.25, 0.3) is 0 Å². The predicted octanol–water partition coefficient (Wildman–Crippen LogP) is 1.48. The van der Waals surface area contributed by atoms with Gasteiger partial charge in [0.1, 0.15) is 17.5 Å². The molecule has 27 heavy (non-hydrogen) atoms. The molecule has 1 N–H and O–H groups in total. The number of rotatable bonds is 6. The van der Waals surface area contributed by atoms with Crippen molar-refractivity contribution in [2.75, 3.05) is 37.7 Å². The van der Waals surface area contributed by atoms with Crippen molar-refractivity contribution in [1.29, 1.82) is 0 Å². The van der Waals surface area contributed by atoms with Crippen LogP contribution < -0.4 is 19.7 Å². The van der Waals surface area contributed by atoms with Gasteiger partial charge in [0, 0.05) is 30.8 Å². The molecule has 0 saturated carbocycles. The summed E-state index contributed by atoms with van der Waals surface area (Å²) in [5.74, 6) is 1.04. The maximum Gasteiger partial charge on any atom is 0.332 e. The Morgan fingerprint density at radius 1 is 1.22 bits per heavy atom. The van der Waals surface area contributed by atoms with Crippen LogP contribution in [-0.4, -0.2) is 67.6 Å². The number of fused-ring (bicyclic) bond motifs is 1. The van der Waals surface area contributed by atoms with Gasteiger partial charge in [-0.3, -0.25) is 9.59 Å². The summed E-state index contributed by atoms with van der Waals surface area (Å²) in [4.78, 5) is 40.4. The molecule has 2 atom stereocenters. The van der Waals surface area contributed by atoms with Gasteiger partial charge in [0.05, 0.1) is 25.7 Å². The molecule has 0 spiro atoms. The maximum atomic E-state index is 13.0. The van der Waals surface area contributed by atoms with Crippen LogP contribution in [0, 0.1) is 0 Å². The highest BCUT2D eigenvalue weighted by Gasteiger charge is 2.48. The molecule has 1 aromatic carbocycles. The Kier molecular flexibility index (Phi) is 5.79. The monoisotopic (exact) mass is 393 g/mol. The Bertz CT molecular complexity index is 734. The fourth-order valence-electron chi connectivity index (χ4n) is 3.49. The predicted molar refractivity (Wildman–Crippen MR) is 102 cm³/mol. The third-order valence-corrected chi connectivity index (χ3v) is 5.33. The quantitative estimate of drug-likeness (QED) is 0.737. The summed E-state index contributed by atoms with van der Waals surface area (Å²) < 4.78 is 10.5. The molecule has 0 bridgehead atoms. The van der Waals surface area contributed by atoms with Gasteiger partial charge in [-0.2, -0.15) is 11.8 Å². The summed E-state index contributed by atoms with van der Waals surface area (Å²) in [5, 5.41) is 2.95.